The van der Waals surface area contributed by atoms with Crippen LogP contribution in [0.4, 0.5) is 4.39 Å². The van der Waals surface area contributed by atoms with Crippen LogP contribution in [0.15, 0.2) is 42.5 Å². The fraction of sp³-hybridized carbons (Fsp3) is 0.429. The van der Waals surface area contributed by atoms with Crippen LogP contribution in [0, 0.1) is 5.82 Å². The summed E-state index contributed by atoms with van der Waals surface area (Å²) < 4.78 is 30.0. The summed E-state index contributed by atoms with van der Waals surface area (Å²) in [6.45, 7) is 5.09. The lowest BCUT2D eigenvalue weighted by Crippen LogP contribution is -2.36. The zero-order chi connectivity index (χ0) is 18.2. The lowest BCUT2D eigenvalue weighted by molar-refractivity contribution is 0.0374. The molecule has 0 radical (unpaired) electrons. The summed E-state index contributed by atoms with van der Waals surface area (Å²) in [4.78, 5) is 2.44. The highest BCUT2D eigenvalue weighted by molar-refractivity contribution is 5.43. The maximum atomic E-state index is 13.3. The molecule has 0 aromatic heterocycles. The van der Waals surface area contributed by atoms with E-state index < -0.39 is 0 Å². The highest BCUT2D eigenvalue weighted by atomic mass is 19.1. The van der Waals surface area contributed by atoms with Gasteiger partial charge in [0.2, 0.25) is 0 Å². The zero-order valence-electron chi connectivity index (χ0n) is 15.2. The van der Waals surface area contributed by atoms with Crippen molar-refractivity contribution < 1.29 is 18.6 Å². The van der Waals surface area contributed by atoms with Crippen molar-refractivity contribution in [2.75, 3.05) is 40.0 Å². The standard InChI is InChI=1S/C21H26FNO3/c1-24-20-8-7-17(5-3-9-23-10-12-25-13-11-23)15-21(20)26-16-18-4-2-6-19(22)14-18/h2,4,6-8,14-15H,3,5,9-13,16H2,1H3. The average Bonchev–Trinajstić information content (AvgIpc) is 2.67. The SMILES string of the molecule is COc1ccc(CCCN2CCOCC2)cc1OCc1cccc(F)c1. The molecule has 0 amide bonds. The van der Waals surface area contributed by atoms with E-state index in [0.717, 1.165) is 51.3 Å². The Morgan fingerprint density at radius 1 is 1.04 bits per heavy atom. The molecule has 1 heterocycles. The molecule has 0 atom stereocenters. The first-order chi connectivity index (χ1) is 12.7. The van der Waals surface area contributed by atoms with E-state index >= 15 is 0 Å². The van der Waals surface area contributed by atoms with Crippen molar-refractivity contribution in [1.82, 2.24) is 4.90 Å². The predicted octanol–water partition coefficient (Wildman–Crippen LogP) is 3.68. The number of halogens is 1. The summed E-state index contributed by atoms with van der Waals surface area (Å²) in [5, 5.41) is 0. The minimum absolute atomic E-state index is 0.255. The van der Waals surface area contributed by atoms with Crippen molar-refractivity contribution in [3.8, 4) is 11.5 Å². The highest BCUT2D eigenvalue weighted by Gasteiger charge is 2.11. The van der Waals surface area contributed by atoms with E-state index in [0.29, 0.717) is 18.1 Å². The number of nitrogens with zero attached hydrogens (tertiary/aromatic N) is 1. The van der Waals surface area contributed by atoms with Crippen LogP contribution >= 0.6 is 0 Å². The molecule has 5 heteroatoms. The van der Waals surface area contributed by atoms with E-state index in [1.54, 1.807) is 13.2 Å². The van der Waals surface area contributed by atoms with Crippen LogP contribution in [0.1, 0.15) is 17.5 Å². The Morgan fingerprint density at radius 3 is 2.65 bits per heavy atom. The molecule has 0 saturated carbocycles. The zero-order valence-corrected chi connectivity index (χ0v) is 15.2. The van der Waals surface area contributed by atoms with Crippen molar-refractivity contribution in [2.45, 2.75) is 19.4 Å². The summed E-state index contributed by atoms with van der Waals surface area (Å²) >= 11 is 0. The molecule has 4 nitrogen and oxygen atoms in total. The second kappa shape index (κ2) is 9.55. The van der Waals surface area contributed by atoms with E-state index in [9.17, 15) is 4.39 Å². The van der Waals surface area contributed by atoms with E-state index in [1.165, 1.54) is 17.7 Å². The Balaban J connectivity index is 1.56. The smallest absolute Gasteiger partial charge is 0.161 e. The van der Waals surface area contributed by atoms with Crippen molar-refractivity contribution >= 4 is 0 Å². The highest BCUT2D eigenvalue weighted by Crippen LogP contribution is 2.29. The molecular weight excluding hydrogens is 333 g/mol. The molecule has 1 saturated heterocycles. The van der Waals surface area contributed by atoms with E-state index in [4.69, 9.17) is 14.2 Å². The van der Waals surface area contributed by atoms with Gasteiger partial charge in [0, 0.05) is 13.1 Å². The Morgan fingerprint density at radius 2 is 1.88 bits per heavy atom. The molecule has 0 bridgehead atoms. The summed E-state index contributed by atoms with van der Waals surface area (Å²) in [6.07, 6.45) is 2.08. The number of morpholine rings is 1. The van der Waals surface area contributed by atoms with E-state index in [2.05, 4.69) is 11.0 Å². The normalized spacial score (nSPS) is 15.0. The lowest BCUT2D eigenvalue weighted by Gasteiger charge is -2.26. The maximum absolute atomic E-state index is 13.3. The number of methoxy groups -OCH3 is 1. The third-order valence-electron chi connectivity index (χ3n) is 4.55. The Bertz CT molecular complexity index is 701. The molecule has 0 unspecified atom stereocenters. The van der Waals surface area contributed by atoms with Crippen LogP contribution < -0.4 is 9.47 Å². The van der Waals surface area contributed by atoms with Crippen LogP contribution in [0.2, 0.25) is 0 Å². The van der Waals surface area contributed by atoms with Gasteiger partial charge in [0.25, 0.3) is 0 Å². The molecule has 2 aromatic carbocycles. The molecule has 0 N–H and O–H groups in total. The third kappa shape index (κ3) is 5.44. The van der Waals surface area contributed by atoms with Crippen molar-refractivity contribution in [3.05, 3.63) is 59.4 Å². The molecule has 1 aliphatic heterocycles. The van der Waals surface area contributed by atoms with Gasteiger partial charge in [0.1, 0.15) is 12.4 Å². The van der Waals surface area contributed by atoms with Gasteiger partial charge in [0.15, 0.2) is 11.5 Å². The molecule has 0 spiro atoms. The topological polar surface area (TPSA) is 30.9 Å². The second-order valence-electron chi connectivity index (χ2n) is 6.46. The molecular formula is C21H26FNO3. The Labute approximate surface area is 154 Å². The molecule has 1 aliphatic rings. The van der Waals surface area contributed by atoms with Crippen LogP contribution in [-0.2, 0) is 17.8 Å². The summed E-state index contributed by atoms with van der Waals surface area (Å²) in [7, 11) is 1.63. The first-order valence-corrected chi connectivity index (χ1v) is 9.09. The van der Waals surface area contributed by atoms with Gasteiger partial charge in [-0.2, -0.15) is 0 Å². The molecule has 26 heavy (non-hydrogen) atoms. The fourth-order valence-corrected chi connectivity index (χ4v) is 3.11. The first kappa shape index (κ1) is 18.7. The van der Waals surface area contributed by atoms with Crippen LogP contribution in [0.3, 0.4) is 0 Å². The number of ether oxygens (including phenoxy) is 3. The van der Waals surface area contributed by atoms with Crippen molar-refractivity contribution in [2.24, 2.45) is 0 Å². The molecule has 2 aromatic rings. The molecule has 1 fully saturated rings. The van der Waals surface area contributed by atoms with Gasteiger partial charge in [0.05, 0.1) is 20.3 Å². The maximum Gasteiger partial charge on any atom is 0.161 e. The quantitative estimate of drug-likeness (QED) is 0.719. The Kier molecular flexibility index (Phi) is 6.86. The van der Waals surface area contributed by atoms with Gasteiger partial charge in [-0.1, -0.05) is 18.2 Å². The van der Waals surface area contributed by atoms with Gasteiger partial charge in [-0.05, 0) is 54.8 Å². The molecule has 140 valence electrons. The van der Waals surface area contributed by atoms with Crippen LogP contribution in [0.5, 0.6) is 11.5 Å². The molecule has 3 rings (SSSR count). The third-order valence-corrected chi connectivity index (χ3v) is 4.55. The predicted molar refractivity (Wildman–Crippen MR) is 99.3 cm³/mol. The number of rotatable bonds is 8. The van der Waals surface area contributed by atoms with Gasteiger partial charge in [-0.25, -0.2) is 4.39 Å². The monoisotopic (exact) mass is 359 g/mol. The fourth-order valence-electron chi connectivity index (χ4n) is 3.11. The van der Waals surface area contributed by atoms with Crippen LogP contribution in [0.25, 0.3) is 0 Å². The number of hydrogen-bond donors (Lipinski definition) is 0. The van der Waals surface area contributed by atoms with Crippen molar-refractivity contribution in [3.63, 3.8) is 0 Å². The number of hydrogen-bond acceptors (Lipinski definition) is 4. The molecule has 0 aliphatic carbocycles. The average molecular weight is 359 g/mol. The summed E-state index contributed by atoms with van der Waals surface area (Å²) in [6, 6.07) is 12.5. The van der Waals surface area contributed by atoms with E-state index in [-0.39, 0.29) is 5.82 Å². The van der Waals surface area contributed by atoms with Gasteiger partial charge in [-0.3, -0.25) is 4.90 Å². The Hall–Kier alpha value is -2.11. The minimum atomic E-state index is -0.255. The summed E-state index contributed by atoms with van der Waals surface area (Å²) in [5.74, 6) is 1.13. The largest absolute Gasteiger partial charge is 0.493 e. The first-order valence-electron chi connectivity index (χ1n) is 9.09. The lowest BCUT2D eigenvalue weighted by atomic mass is 10.1. The van der Waals surface area contributed by atoms with Gasteiger partial charge in [-0.15, -0.1) is 0 Å². The number of aryl methyl sites for hydroxylation is 1. The number of benzene rings is 2. The minimum Gasteiger partial charge on any atom is -0.493 e. The van der Waals surface area contributed by atoms with Crippen LogP contribution in [-0.4, -0.2) is 44.9 Å². The summed E-state index contributed by atoms with van der Waals surface area (Å²) in [5.41, 5.74) is 2.01. The van der Waals surface area contributed by atoms with Gasteiger partial charge < -0.3 is 14.2 Å². The van der Waals surface area contributed by atoms with E-state index in [1.807, 2.05) is 18.2 Å². The van der Waals surface area contributed by atoms with Crippen molar-refractivity contribution in [1.29, 1.82) is 0 Å². The second-order valence-corrected chi connectivity index (χ2v) is 6.46. The van der Waals surface area contributed by atoms with Gasteiger partial charge >= 0.3 is 0 Å².